The van der Waals surface area contributed by atoms with Crippen LogP contribution in [-0.4, -0.2) is 17.5 Å². The summed E-state index contributed by atoms with van der Waals surface area (Å²) >= 11 is 0. The maximum atomic E-state index is 8.05. The highest BCUT2D eigenvalue weighted by Gasteiger charge is 2.12. The largest absolute Gasteiger partial charge is 0.466 e. The van der Waals surface area contributed by atoms with Gasteiger partial charge in [-0.15, -0.1) is 0 Å². The van der Waals surface area contributed by atoms with Crippen LogP contribution in [0.4, 0.5) is 0 Å². The van der Waals surface area contributed by atoms with Crippen LogP contribution >= 0.6 is 0 Å². The standard InChI is InChI=1S/C17H20N2O/c1-2-20-17(18)19(13-15-9-5-3-6-10-15)14-16-11-7-4-8-12-16/h3-12,18H,2,13-14H2,1H3. The first kappa shape index (κ1) is 14.1. The molecule has 0 aliphatic heterocycles. The second-order valence-corrected chi connectivity index (χ2v) is 4.57. The lowest BCUT2D eigenvalue weighted by Crippen LogP contribution is -2.31. The molecule has 0 spiro atoms. The third-order valence-corrected chi connectivity index (χ3v) is 3.00. The predicted molar refractivity (Wildman–Crippen MR) is 81.5 cm³/mol. The summed E-state index contributed by atoms with van der Waals surface area (Å²) in [6, 6.07) is 20.5. The van der Waals surface area contributed by atoms with Gasteiger partial charge in [0.1, 0.15) is 0 Å². The molecular weight excluding hydrogens is 248 g/mol. The van der Waals surface area contributed by atoms with E-state index in [0.717, 1.165) is 0 Å². The van der Waals surface area contributed by atoms with Gasteiger partial charge in [-0.2, -0.15) is 0 Å². The Morgan fingerprint density at radius 1 is 0.900 bits per heavy atom. The van der Waals surface area contributed by atoms with E-state index in [1.165, 1.54) is 11.1 Å². The zero-order valence-electron chi connectivity index (χ0n) is 11.8. The SMILES string of the molecule is CCOC(=N)N(Cc1ccccc1)Cc1ccccc1. The second kappa shape index (κ2) is 7.34. The number of nitrogens with zero attached hydrogens (tertiary/aromatic N) is 1. The Hall–Kier alpha value is -2.29. The van der Waals surface area contributed by atoms with Gasteiger partial charge >= 0.3 is 0 Å². The van der Waals surface area contributed by atoms with Gasteiger partial charge < -0.3 is 9.64 Å². The fourth-order valence-corrected chi connectivity index (χ4v) is 2.04. The predicted octanol–water partition coefficient (Wildman–Crippen LogP) is 3.66. The molecule has 0 radical (unpaired) electrons. The molecule has 1 N–H and O–H groups in total. The first-order valence-electron chi connectivity index (χ1n) is 6.83. The van der Waals surface area contributed by atoms with E-state index in [1.807, 2.05) is 48.2 Å². The van der Waals surface area contributed by atoms with Crippen LogP contribution < -0.4 is 0 Å². The van der Waals surface area contributed by atoms with E-state index in [2.05, 4.69) is 24.3 Å². The lowest BCUT2D eigenvalue weighted by Gasteiger charge is -2.24. The highest BCUT2D eigenvalue weighted by molar-refractivity contribution is 5.70. The molecule has 0 heterocycles. The molecule has 2 rings (SSSR count). The van der Waals surface area contributed by atoms with Gasteiger partial charge in [0.2, 0.25) is 0 Å². The third-order valence-electron chi connectivity index (χ3n) is 3.00. The van der Waals surface area contributed by atoms with Crippen LogP contribution in [-0.2, 0) is 17.8 Å². The Morgan fingerprint density at radius 2 is 1.35 bits per heavy atom. The van der Waals surface area contributed by atoms with Gasteiger partial charge in [0.25, 0.3) is 6.02 Å². The van der Waals surface area contributed by atoms with E-state index in [1.54, 1.807) is 0 Å². The monoisotopic (exact) mass is 268 g/mol. The minimum Gasteiger partial charge on any atom is -0.466 e. The summed E-state index contributed by atoms with van der Waals surface area (Å²) in [5.74, 6) is 0. The van der Waals surface area contributed by atoms with Crippen molar-refractivity contribution in [3.05, 3.63) is 71.8 Å². The Morgan fingerprint density at radius 3 is 1.75 bits per heavy atom. The van der Waals surface area contributed by atoms with Gasteiger partial charge in [0.05, 0.1) is 6.61 Å². The molecule has 2 aromatic carbocycles. The van der Waals surface area contributed by atoms with Crippen LogP contribution in [0.1, 0.15) is 18.1 Å². The molecule has 0 aliphatic carbocycles. The molecule has 0 fully saturated rings. The van der Waals surface area contributed by atoms with E-state index < -0.39 is 0 Å². The maximum Gasteiger partial charge on any atom is 0.284 e. The van der Waals surface area contributed by atoms with Crippen molar-refractivity contribution in [1.29, 1.82) is 5.41 Å². The van der Waals surface area contributed by atoms with Gasteiger partial charge in [-0.1, -0.05) is 60.7 Å². The molecule has 0 amide bonds. The summed E-state index contributed by atoms with van der Waals surface area (Å²) in [5, 5.41) is 8.05. The minimum atomic E-state index is 0.222. The van der Waals surface area contributed by atoms with Crippen LogP contribution in [0.3, 0.4) is 0 Å². The van der Waals surface area contributed by atoms with Gasteiger partial charge in [0.15, 0.2) is 0 Å². The average Bonchev–Trinajstić information content (AvgIpc) is 2.49. The van der Waals surface area contributed by atoms with Crippen LogP contribution in [0.25, 0.3) is 0 Å². The molecule has 104 valence electrons. The van der Waals surface area contributed by atoms with Crippen LogP contribution in [0, 0.1) is 5.41 Å². The number of nitrogens with one attached hydrogen (secondary N) is 1. The molecule has 0 bridgehead atoms. The van der Waals surface area contributed by atoms with E-state index in [4.69, 9.17) is 10.1 Å². The summed E-state index contributed by atoms with van der Waals surface area (Å²) < 4.78 is 5.36. The lowest BCUT2D eigenvalue weighted by atomic mass is 10.2. The van der Waals surface area contributed by atoms with Crippen molar-refractivity contribution in [3.63, 3.8) is 0 Å². The minimum absolute atomic E-state index is 0.222. The Kier molecular flexibility index (Phi) is 5.18. The van der Waals surface area contributed by atoms with Crippen molar-refractivity contribution in [2.45, 2.75) is 20.0 Å². The summed E-state index contributed by atoms with van der Waals surface area (Å²) in [6.07, 6.45) is 0. The maximum absolute atomic E-state index is 8.05. The highest BCUT2D eigenvalue weighted by Crippen LogP contribution is 2.11. The fourth-order valence-electron chi connectivity index (χ4n) is 2.04. The van der Waals surface area contributed by atoms with Crippen molar-refractivity contribution in [1.82, 2.24) is 4.90 Å². The smallest absolute Gasteiger partial charge is 0.284 e. The van der Waals surface area contributed by atoms with Crippen molar-refractivity contribution < 1.29 is 4.74 Å². The Labute approximate surface area is 120 Å². The van der Waals surface area contributed by atoms with Gasteiger partial charge in [-0.25, -0.2) is 0 Å². The number of rotatable bonds is 5. The normalized spacial score (nSPS) is 10.1. The number of benzene rings is 2. The second-order valence-electron chi connectivity index (χ2n) is 4.57. The third kappa shape index (κ3) is 4.12. The van der Waals surface area contributed by atoms with Crippen molar-refractivity contribution in [2.24, 2.45) is 0 Å². The Bertz CT molecular complexity index is 484. The zero-order valence-corrected chi connectivity index (χ0v) is 11.8. The zero-order chi connectivity index (χ0) is 14.2. The molecule has 3 heteroatoms. The van der Waals surface area contributed by atoms with E-state index in [0.29, 0.717) is 19.7 Å². The number of amidine groups is 1. The van der Waals surface area contributed by atoms with Gasteiger partial charge in [-0.3, -0.25) is 5.41 Å². The van der Waals surface area contributed by atoms with Gasteiger partial charge in [-0.05, 0) is 18.1 Å². The first-order chi connectivity index (χ1) is 9.79. The topological polar surface area (TPSA) is 36.3 Å². The highest BCUT2D eigenvalue weighted by atomic mass is 16.5. The van der Waals surface area contributed by atoms with Crippen LogP contribution in [0.15, 0.2) is 60.7 Å². The summed E-state index contributed by atoms with van der Waals surface area (Å²) in [7, 11) is 0. The quantitative estimate of drug-likeness (QED) is 0.663. The molecule has 0 unspecified atom stereocenters. The molecule has 2 aromatic rings. The lowest BCUT2D eigenvalue weighted by molar-refractivity contribution is 0.230. The van der Waals surface area contributed by atoms with Crippen molar-refractivity contribution in [3.8, 4) is 0 Å². The van der Waals surface area contributed by atoms with E-state index in [-0.39, 0.29) is 6.02 Å². The molecular formula is C17H20N2O. The molecule has 3 nitrogen and oxygen atoms in total. The molecule has 0 saturated heterocycles. The van der Waals surface area contributed by atoms with E-state index >= 15 is 0 Å². The molecule has 0 atom stereocenters. The summed E-state index contributed by atoms with van der Waals surface area (Å²) in [5.41, 5.74) is 2.35. The summed E-state index contributed by atoms with van der Waals surface area (Å²) in [6.45, 7) is 3.76. The number of hydrogen-bond donors (Lipinski definition) is 1. The Balaban J connectivity index is 2.10. The first-order valence-corrected chi connectivity index (χ1v) is 6.83. The van der Waals surface area contributed by atoms with Crippen LogP contribution in [0.2, 0.25) is 0 Å². The molecule has 0 aliphatic rings. The van der Waals surface area contributed by atoms with Crippen molar-refractivity contribution >= 4 is 6.02 Å². The summed E-state index contributed by atoms with van der Waals surface area (Å²) in [4.78, 5) is 1.94. The molecule has 20 heavy (non-hydrogen) atoms. The van der Waals surface area contributed by atoms with E-state index in [9.17, 15) is 0 Å². The molecule has 0 aromatic heterocycles. The van der Waals surface area contributed by atoms with Gasteiger partial charge in [0, 0.05) is 13.1 Å². The number of ether oxygens (including phenoxy) is 1. The average molecular weight is 268 g/mol. The van der Waals surface area contributed by atoms with Crippen molar-refractivity contribution in [2.75, 3.05) is 6.61 Å². The number of hydrogen-bond acceptors (Lipinski definition) is 2. The molecule has 0 saturated carbocycles. The fraction of sp³-hybridized carbons (Fsp3) is 0.235. The van der Waals surface area contributed by atoms with Crippen LogP contribution in [0.5, 0.6) is 0 Å².